The number of carbonyl (C=O) groups excluding carboxylic acids is 1. The second-order valence-corrected chi connectivity index (χ2v) is 3.76. The maximum atomic E-state index is 11.1. The molecule has 14 heavy (non-hydrogen) atoms. The van der Waals surface area contributed by atoms with E-state index in [0.29, 0.717) is 5.56 Å². The number of ketones is 1. The van der Waals surface area contributed by atoms with Gasteiger partial charge in [-0.25, -0.2) is 0 Å². The Morgan fingerprint density at radius 1 is 1.43 bits per heavy atom. The molecule has 0 fully saturated rings. The van der Waals surface area contributed by atoms with Crippen LogP contribution in [0.3, 0.4) is 0 Å². The van der Waals surface area contributed by atoms with Crippen molar-refractivity contribution in [2.45, 2.75) is 13.8 Å². The number of rotatable bonds is 1. The molecule has 0 bridgehead atoms. The van der Waals surface area contributed by atoms with Crippen molar-refractivity contribution in [2.24, 2.45) is 0 Å². The minimum absolute atomic E-state index is 0.0651. The first-order valence-electron chi connectivity index (χ1n) is 4.38. The first kappa shape index (κ1) is 9.28. The minimum atomic E-state index is 0.0651. The topological polar surface area (TPSA) is 32.9 Å². The number of fused-ring (bicyclic) bond motifs is 1. The molecule has 1 heterocycles. The molecule has 0 radical (unpaired) electrons. The molecule has 0 spiro atoms. The lowest BCUT2D eigenvalue weighted by atomic mass is 10.1. The van der Waals surface area contributed by atoms with Crippen LogP contribution in [0.15, 0.2) is 18.2 Å². The lowest BCUT2D eigenvalue weighted by Gasteiger charge is -1.95. The molecular weight excluding hydrogens is 198 g/mol. The van der Waals surface area contributed by atoms with Crippen LogP contribution < -0.4 is 0 Å². The Kier molecular flexibility index (Phi) is 2.08. The van der Waals surface area contributed by atoms with Crippen LogP contribution in [-0.4, -0.2) is 10.8 Å². The third-order valence-corrected chi connectivity index (χ3v) is 2.80. The van der Waals surface area contributed by atoms with Gasteiger partial charge in [0, 0.05) is 22.2 Å². The zero-order valence-corrected chi connectivity index (χ0v) is 8.77. The zero-order chi connectivity index (χ0) is 10.3. The average Bonchev–Trinajstić information content (AvgIpc) is 2.42. The number of hydrogen-bond acceptors (Lipinski definition) is 1. The summed E-state index contributed by atoms with van der Waals surface area (Å²) in [6, 6.07) is 5.50. The highest BCUT2D eigenvalue weighted by Gasteiger charge is 2.07. The quantitative estimate of drug-likeness (QED) is 0.715. The fourth-order valence-corrected chi connectivity index (χ4v) is 1.73. The fourth-order valence-electron chi connectivity index (χ4n) is 1.52. The summed E-state index contributed by atoms with van der Waals surface area (Å²) < 4.78 is 0. The molecule has 0 atom stereocenters. The van der Waals surface area contributed by atoms with Crippen LogP contribution in [0.25, 0.3) is 10.9 Å². The van der Waals surface area contributed by atoms with Crippen LogP contribution in [0.5, 0.6) is 0 Å². The van der Waals surface area contributed by atoms with E-state index in [4.69, 9.17) is 11.6 Å². The Bertz CT molecular complexity index is 513. The number of benzene rings is 1. The van der Waals surface area contributed by atoms with Crippen molar-refractivity contribution >= 4 is 28.3 Å². The van der Waals surface area contributed by atoms with Crippen molar-refractivity contribution in [1.82, 2.24) is 4.98 Å². The van der Waals surface area contributed by atoms with Gasteiger partial charge in [-0.3, -0.25) is 4.79 Å². The predicted molar refractivity (Wildman–Crippen MR) is 58.1 cm³/mol. The molecule has 0 aliphatic carbocycles. The van der Waals surface area contributed by atoms with Crippen molar-refractivity contribution < 1.29 is 4.79 Å². The smallest absolute Gasteiger partial charge is 0.159 e. The molecule has 2 aromatic rings. The molecule has 0 amide bonds. The van der Waals surface area contributed by atoms with Gasteiger partial charge in [-0.05, 0) is 19.9 Å². The van der Waals surface area contributed by atoms with Gasteiger partial charge in [-0.2, -0.15) is 0 Å². The van der Waals surface area contributed by atoms with Crippen LogP contribution in [0.4, 0.5) is 0 Å². The molecule has 0 aliphatic rings. The number of aromatic nitrogens is 1. The number of hydrogen-bond donors (Lipinski definition) is 1. The Hall–Kier alpha value is -1.28. The maximum absolute atomic E-state index is 11.1. The average molecular weight is 208 g/mol. The van der Waals surface area contributed by atoms with E-state index < -0.39 is 0 Å². The van der Waals surface area contributed by atoms with Crippen molar-refractivity contribution in [3.63, 3.8) is 0 Å². The van der Waals surface area contributed by atoms with E-state index in [0.717, 1.165) is 21.6 Å². The Balaban J connectivity index is 2.73. The summed E-state index contributed by atoms with van der Waals surface area (Å²) in [5.41, 5.74) is 2.55. The highest BCUT2D eigenvalue weighted by Crippen LogP contribution is 2.27. The maximum Gasteiger partial charge on any atom is 0.159 e. The fraction of sp³-hybridized carbons (Fsp3) is 0.182. The molecule has 1 aromatic carbocycles. The first-order chi connectivity index (χ1) is 6.59. The molecule has 3 heteroatoms. The normalized spacial score (nSPS) is 10.8. The SMILES string of the molecule is CC(=O)c1ccc2c(Cl)c(C)[nH]c2c1. The number of Topliss-reactive ketones (excluding diaryl/α,β-unsaturated/α-hetero) is 1. The molecule has 1 N–H and O–H groups in total. The highest BCUT2D eigenvalue weighted by atomic mass is 35.5. The number of aromatic amines is 1. The summed E-state index contributed by atoms with van der Waals surface area (Å²) in [6.07, 6.45) is 0. The van der Waals surface area contributed by atoms with Gasteiger partial charge in [-0.1, -0.05) is 23.7 Å². The summed E-state index contributed by atoms with van der Waals surface area (Å²) in [4.78, 5) is 14.3. The second-order valence-electron chi connectivity index (χ2n) is 3.38. The summed E-state index contributed by atoms with van der Waals surface area (Å²) in [6.45, 7) is 3.47. The number of halogens is 1. The minimum Gasteiger partial charge on any atom is -0.357 e. The Labute approximate surface area is 86.9 Å². The Morgan fingerprint density at radius 3 is 2.79 bits per heavy atom. The summed E-state index contributed by atoms with van der Waals surface area (Å²) in [5.74, 6) is 0.0651. The van der Waals surface area contributed by atoms with Crippen LogP contribution in [0, 0.1) is 6.92 Å². The molecule has 2 rings (SSSR count). The van der Waals surface area contributed by atoms with E-state index in [-0.39, 0.29) is 5.78 Å². The van der Waals surface area contributed by atoms with E-state index in [2.05, 4.69) is 4.98 Å². The Morgan fingerprint density at radius 2 is 2.14 bits per heavy atom. The zero-order valence-electron chi connectivity index (χ0n) is 8.02. The van der Waals surface area contributed by atoms with Gasteiger partial charge in [0.25, 0.3) is 0 Å². The van der Waals surface area contributed by atoms with Crippen molar-refractivity contribution in [2.75, 3.05) is 0 Å². The first-order valence-corrected chi connectivity index (χ1v) is 4.76. The van der Waals surface area contributed by atoms with Crippen LogP contribution in [0.1, 0.15) is 23.0 Å². The van der Waals surface area contributed by atoms with Gasteiger partial charge in [0.1, 0.15) is 0 Å². The molecule has 72 valence electrons. The van der Waals surface area contributed by atoms with Gasteiger partial charge in [0.15, 0.2) is 5.78 Å². The van der Waals surface area contributed by atoms with Gasteiger partial charge >= 0.3 is 0 Å². The molecule has 0 aliphatic heterocycles. The number of carbonyl (C=O) groups is 1. The number of H-pyrrole nitrogens is 1. The standard InChI is InChI=1S/C11H10ClNO/c1-6-11(12)9-4-3-8(7(2)14)5-10(9)13-6/h3-5,13H,1-2H3. The van der Waals surface area contributed by atoms with E-state index in [1.807, 2.05) is 19.1 Å². The highest BCUT2D eigenvalue weighted by molar-refractivity contribution is 6.36. The van der Waals surface area contributed by atoms with Crippen LogP contribution in [-0.2, 0) is 0 Å². The predicted octanol–water partition coefficient (Wildman–Crippen LogP) is 3.33. The molecule has 1 aromatic heterocycles. The van der Waals surface area contributed by atoms with Gasteiger partial charge in [0.05, 0.1) is 5.02 Å². The van der Waals surface area contributed by atoms with E-state index in [1.165, 1.54) is 0 Å². The van der Waals surface area contributed by atoms with Gasteiger partial charge < -0.3 is 4.98 Å². The summed E-state index contributed by atoms with van der Waals surface area (Å²) in [5, 5.41) is 1.70. The number of nitrogens with one attached hydrogen (secondary N) is 1. The van der Waals surface area contributed by atoms with Crippen molar-refractivity contribution in [3.8, 4) is 0 Å². The van der Waals surface area contributed by atoms with Crippen molar-refractivity contribution in [3.05, 3.63) is 34.5 Å². The van der Waals surface area contributed by atoms with E-state index in [9.17, 15) is 4.79 Å². The molecule has 0 saturated carbocycles. The van der Waals surface area contributed by atoms with Crippen LogP contribution in [0.2, 0.25) is 5.02 Å². The molecular formula is C11H10ClNO. The molecule has 0 saturated heterocycles. The van der Waals surface area contributed by atoms with Crippen LogP contribution >= 0.6 is 11.6 Å². The molecule has 0 unspecified atom stereocenters. The van der Waals surface area contributed by atoms with E-state index >= 15 is 0 Å². The van der Waals surface area contributed by atoms with Gasteiger partial charge in [-0.15, -0.1) is 0 Å². The third-order valence-electron chi connectivity index (χ3n) is 2.31. The van der Waals surface area contributed by atoms with E-state index in [1.54, 1.807) is 13.0 Å². The third kappa shape index (κ3) is 1.32. The van der Waals surface area contributed by atoms with Crippen molar-refractivity contribution in [1.29, 1.82) is 0 Å². The number of aryl methyl sites for hydroxylation is 1. The largest absolute Gasteiger partial charge is 0.357 e. The van der Waals surface area contributed by atoms with Gasteiger partial charge in [0.2, 0.25) is 0 Å². The second kappa shape index (κ2) is 3.14. The monoisotopic (exact) mass is 207 g/mol. The lowest BCUT2D eigenvalue weighted by Crippen LogP contribution is -1.90. The lowest BCUT2D eigenvalue weighted by molar-refractivity contribution is 0.101. The molecule has 2 nitrogen and oxygen atoms in total. The summed E-state index contributed by atoms with van der Waals surface area (Å²) >= 11 is 6.06. The summed E-state index contributed by atoms with van der Waals surface area (Å²) in [7, 11) is 0.